The summed E-state index contributed by atoms with van der Waals surface area (Å²) in [5, 5.41) is 11.9. The maximum atomic E-state index is 11.6. The largest absolute Gasteiger partial charge is 0.478 e. The number of nitrogen functional groups attached to an aromatic ring is 1. The van der Waals surface area contributed by atoms with Crippen molar-refractivity contribution in [3.8, 4) is 0 Å². The molecule has 0 atom stereocenters. The Labute approximate surface area is 117 Å². The first-order valence-corrected chi connectivity index (χ1v) is 6.63. The van der Waals surface area contributed by atoms with E-state index in [1.165, 1.54) is 0 Å². The third kappa shape index (κ3) is 2.68. The number of nitrogens with zero attached hydrogens (tertiary/aromatic N) is 1. The van der Waals surface area contributed by atoms with E-state index in [2.05, 4.69) is 5.32 Å². The van der Waals surface area contributed by atoms with Gasteiger partial charge in [-0.3, -0.25) is 4.79 Å². The standard InChI is InChI=1S/C14H19N3O3/c1-16-13(18)9-5-7-17(8-6-9)12-10(14(19)20)3-2-4-11(12)15/h2-4,9H,5-8,15H2,1H3,(H,16,18)(H,19,20). The Bertz CT molecular complexity index is 522. The van der Waals surface area contributed by atoms with Gasteiger partial charge in [0.1, 0.15) is 0 Å². The second kappa shape index (κ2) is 5.81. The van der Waals surface area contributed by atoms with Gasteiger partial charge in [0.15, 0.2) is 0 Å². The van der Waals surface area contributed by atoms with Gasteiger partial charge in [0, 0.05) is 26.1 Å². The highest BCUT2D eigenvalue weighted by atomic mass is 16.4. The number of carboxylic acid groups (broad SMARTS) is 1. The fourth-order valence-corrected chi connectivity index (χ4v) is 2.66. The van der Waals surface area contributed by atoms with Crippen LogP contribution >= 0.6 is 0 Å². The summed E-state index contributed by atoms with van der Waals surface area (Å²) in [4.78, 5) is 24.8. The number of carbonyl (C=O) groups is 2. The second-order valence-corrected chi connectivity index (χ2v) is 4.92. The third-order valence-corrected chi connectivity index (χ3v) is 3.73. The van der Waals surface area contributed by atoms with Gasteiger partial charge >= 0.3 is 5.97 Å². The highest BCUT2D eigenvalue weighted by molar-refractivity contribution is 5.98. The zero-order valence-electron chi connectivity index (χ0n) is 11.4. The Balaban J connectivity index is 2.19. The molecule has 0 aromatic heterocycles. The van der Waals surface area contributed by atoms with E-state index in [1.807, 2.05) is 4.90 Å². The molecule has 0 aliphatic carbocycles. The number of aromatic carboxylic acids is 1. The first-order chi connectivity index (χ1) is 9.54. The zero-order valence-corrected chi connectivity index (χ0v) is 11.4. The van der Waals surface area contributed by atoms with Crippen molar-refractivity contribution in [1.29, 1.82) is 0 Å². The van der Waals surface area contributed by atoms with Crippen LogP contribution in [0, 0.1) is 5.92 Å². The number of amides is 1. The van der Waals surface area contributed by atoms with Crippen molar-refractivity contribution in [1.82, 2.24) is 5.32 Å². The summed E-state index contributed by atoms with van der Waals surface area (Å²) in [5.74, 6) is -0.945. The molecule has 1 amide bonds. The van der Waals surface area contributed by atoms with E-state index in [1.54, 1.807) is 25.2 Å². The SMILES string of the molecule is CNC(=O)C1CCN(c2c(N)cccc2C(=O)O)CC1. The molecule has 0 unspecified atom stereocenters. The fourth-order valence-electron chi connectivity index (χ4n) is 2.66. The molecule has 0 bridgehead atoms. The number of nitrogens with two attached hydrogens (primary N) is 1. The Morgan fingerprint density at radius 1 is 1.35 bits per heavy atom. The number of anilines is 2. The van der Waals surface area contributed by atoms with Crippen molar-refractivity contribution in [2.24, 2.45) is 5.92 Å². The minimum absolute atomic E-state index is 0.00513. The van der Waals surface area contributed by atoms with Crippen LogP contribution in [0.4, 0.5) is 11.4 Å². The van der Waals surface area contributed by atoms with Gasteiger partial charge in [0.05, 0.1) is 16.9 Å². The third-order valence-electron chi connectivity index (χ3n) is 3.73. The molecule has 1 fully saturated rings. The summed E-state index contributed by atoms with van der Waals surface area (Å²) in [7, 11) is 1.63. The number of rotatable bonds is 3. The molecule has 1 saturated heterocycles. The molecular weight excluding hydrogens is 258 g/mol. The van der Waals surface area contributed by atoms with Crippen molar-refractivity contribution in [3.05, 3.63) is 23.8 Å². The lowest BCUT2D eigenvalue weighted by molar-refractivity contribution is -0.125. The Hall–Kier alpha value is -2.24. The minimum atomic E-state index is -0.985. The van der Waals surface area contributed by atoms with Gasteiger partial charge in [-0.2, -0.15) is 0 Å². The molecule has 1 aliphatic rings. The van der Waals surface area contributed by atoms with Gasteiger partial charge in [0.2, 0.25) is 5.91 Å². The zero-order chi connectivity index (χ0) is 14.7. The lowest BCUT2D eigenvalue weighted by Crippen LogP contribution is -2.40. The molecule has 1 aromatic rings. The molecule has 0 saturated carbocycles. The molecule has 4 N–H and O–H groups in total. The molecule has 1 aromatic carbocycles. The van der Waals surface area contributed by atoms with Crippen LogP contribution < -0.4 is 16.0 Å². The molecule has 0 radical (unpaired) electrons. The molecule has 108 valence electrons. The number of piperidine rings is 1. The monoisotopic (exact) mass is 277 g/mol. The van der Waals surface area contributed by atoms with Gasteiger partial charge in [-0.1, -0.05) is 6.07 Å². The predicted octanol–water partition coefficient (Wildman–Crippen LogP) is 0.929. The summed E-state index contributed by atoms with van der Waals surface area (Å²) in [6.07, 6.45) is 1.40. The van der Waals surface area contributed by atoms with Gasteiger partial charge in [-0.25, -0.2) is 4.79 Å². The smallest absolute Gasteiger partial charge is 0.337 e. The Morgan fingerprint density at radius 2 is 2.00 bits per heavy atom. The van der Waals surface area contributed by atoms with E-state index < -0.39 is 5.97 Å². The summed E-state index contributed by atoms with van der Waals surface area (Å²) in [5.41, 5.74) is 7.16. The normalized spacial score (nSPS) is 15.9. The number of nitrogens with one attached hydrogen (secondary N) is 1. The predicted molar refractivity (Wildman–Crippen MR) is 76.8 cm³/mol. The van der Waals surface area contributed by atoms with Crippen LogP contribution in [0.3, 0.4) is 0 Å². The van der Waals surface area contributed by atoms with Crippen molar-refractivity contribution in [2.75, 3.05) is 30.8 Å². The van der Waals surface area contributed by atoms with E-state index >= 15 is 0 Å². The van der Waals surface area contributed by atoms with Gasteiger partial charge in [0.25, 0.3) is 0 Å². The Morgan fingerprint density at radius 3 is 2.55 bits per heavy atom. The summed E-state index contributed by atoms with van der Waals surface area (Å²) in [6, 6.07) is 4.89. The van der Waals surface area contributed by atoms with Crippen molar-refractivity contribution >= 4 is 23.3 Å². The van der Waals surface area contributed by atoms with Crippen LogP contribution in [0.15, 0.2) is 18.2 Å². The van der Waals surface area contributed by atoms with Crippen molar-refractivity contribution in [2.45, 2.75) is 12.8 Å². The number of carboxylic acids is 1. The van der Waals surface area contributed by atoms with Gasteiger partial charge in [-0.05, 0) is 25.0 Å². The lowest BCUT2D eigenvalue weighted by atomic mass is 9.95. The van der Waals surface area contributed by atoms with E-state index in [-0.39, 0.29) is 17.4 Å². The number of para-hydroxylation sites is 1. The summed E-state index contributed by atoms with van der Waals surface area (Å²) >= 11 is 0. The van der Waals surface area contributed by atoms with Crippen molar-refractivity contribution in [3.63, 3.8) is 0 Å². The fraction of sp³-hybridized carbons (Fsp3) is 0.429. The van der Waals surface area contributed by atoms with E-state index in [9.17, 15) is 14.7 Å². The summed E-state index contributed by atoms with van der Waals surface area (Å²) < 4.78 is 0. The molecule has 2 rings (SSSR count). The molecule has 20 heavy (non-hydrogen) atoms. The van der Waals surface area contributed by atoms with Crippen molar-refractivity contribution < 1.29 is 14.7 Å². The van der Waals surface area contributed by atoms with Crippen LogP contribution in [0.1, 0.15) is 23.2 Å². The number of hydrogen-bond donors (Lipinski definition) is 3. The molecule has 1 aliphatic heterocycles. The van der Waals surface area contributed by atoms with Crippen LogP contribution in [0.5, 0.6) is 0 Å². The van der Waals surface area contributed by atoms with Crippen LogP contribution in [0.25, 0.3) is 0 Å². The average Bonchev–Trinajstić information content (AvgIpc) is 2.46. The molecule has 6 nitrogen and oxygen atoms in total. The van der Waals surface area contributed by atoms with Crippen LogP contribution in [-0.4, -0.2) is 37.1 Å². The molecule has 6 heteroatoms. The quantitative estimate of drug-likeness (QED) is 0.714. The number of benzene rings is 1. The van der Waals surface area contributed by atoms with Gasteiger partial charge < -0.3 is 21.1 Å². The van der Waals surface area contributed by atoms with E-state index in [4.69, 9.17) is 5.73 Å². The molecular formula is C14H19N3O3. The maximum absolute atomic E-state index is 11.6. The Kier molecular flexibility index (Phi) is 4.12. The van der Waals surface area contributed by atoms with Crippen LogP contribution in [-0.2, 0) is 4.79 Å². The number of carbonyl (C=O) groups excluding carboxylic acids is 1. The highest BCUT2D eigenvalue weighted by Crippen LogP contribution is 2.31. The first-order valence-electron chi connectivity index (χ1n) is 6.63. The highest BCUT2D eigenvalue weighted by Gasteiger charge is 2.27. The average molecular weight is 277 g/mol. The summed E-state index contributed by atoms with van der Waals surface area (Å²) in [6.45, 7) is 1.26. The van der Waals surface area contributed by atoms with Gasteiger partial charge in [-0.15, -0.1) is 0 Å². The number of hydrogen-bond acceptors (Lipinski definition) is 4. The molecule has 1 heterocycles. The molecule has 0 spiro atoms. The topological polar surface area (TPSA) is 95.7 Å². The van der Waals surface area contributed by atoms with E-state index in [0.717, 1.165) is 0 Å². The van der Waals surface area contributed by atoms with Crippen LogP contribution in [0.2, 0.25) is 0 Å². The first kappa shape index (κ1) is 14.2. The maximum Gasteiger partial charge on any atom is 0.337 e. The minimum Gasteiger partial charge on any atom is -0.478 e. The second-order valence-electron chi connectivity index (χ2n) is 4.92. The van der Waals surface area contributed by atoms with E-state index in [0.29, 0.717) is 37.3 Å². The lowest BCUT2D eigenvalue weighted by Gasteiger charge is -2.34.